The van der Waals surface area contributed by atoms with Crippen LogP contribution in [-0.2, 0) is 6.67 Å². The van der Waals surface area contributed by atoms with Crippen molar-refractivity contribution in [2.45, 2.75) is 45.8 Å². The number of piperidine rings is 1. The first-order valence-corrected chi connectivity index (χ1v) is 10.1. The minimum absolute atomic E-state index is 0.204. The lowest BCUT2D eigenvalue weighted by atomic mass is 10.0. The molecule has 0 aliphatic carbocycles. The fraction of sp³-hybridized carbons (Fsp3) is 0.400. The highest BCUT2D eigenvalue weighted by Crippen LogP contribution is 2.28. The number of likely N-dealkylation sites (tertiary alicyclic amines) is 1. The molecule has 3 aromatic rings. The Labute approximate surface area is 161 Å². The first-order chi connectivity index (χ1) is 13.1. The van der Waals surface area contributed by atoms with Gasteiger partial charge >= 0.3 is 0 Å². The molecule has 4 rings (SSSR count). The van der Waals surface area contributed by atoms with Crippen molar-refractivity contribution in [1.29, 1.82) is 5.26 Å². The molecule has 2 aromatic heterocycles. The van der Waals surface area contributed by atoms with Gasteiger partial charge in [-0.1, -0.05) is 12.1 Å². The Morgan fingerprint density at radius 3 is 2.93 bits per heavy atom. The van der Waals surface area contributed by atoms with Crippen molar-refractivity contribution in [1.82, 2.24) is 14.8 Å². The van der Waals surface area contributed by atoms with Crippen LogP contribution in [0.25, 0.3) is 10.2 Å². The van der Waals surface area contributed by atoms with Crippen molar-refractivity contribution in [3.63, 3.8) is 0 Å². The molecule has 7 heteroatoms. The molecule has 1 fully saturated rings. The van der Waals surface area contributed by atoms with E-state index in [0.717, 1.165) is 35.6 Å². The number of aromatic nitrogens is 3. The molecule has 27 heavy (non-hydrogen) atoms. The van der Waals surface area contributed by atoms with Gasteiger partial charge in [0.15, 0.2) is 11.7 Å². The zero-order chi connectivity index (χ0) is 19.0. The van der Waals surface area contributed by atoms with Gasteiger partial charge in [-0.05, 0) is 44.4 Å². The van der Waals surface area contributed by atoms with Gasteiger partial charge in [0.25, 0.3) is 5.56 Å². The minimum Gasteiger partial charge on any atom is -0.308 e. The van der Waals surface area contributed by atoms with Gasteiger partial charge < -0.3 is 4.90 Å². The predicted octanol–water partition coefficient (Wildman–Crippen LogP) is 2.11. The van der Waals surface area contributed by atoms with Crippen LogP contribution in [0.5, 0.6) is 0 Å². The maximum Gasteiger partial charge on any atom is 0.289 e. The van der Waals surface area contributed by atoms with Crippen molar-refractivity contribution in [3.8, 4) is 6.07 Å². The molecular weight excluding hydrogens is 358 g/mol. The van der Waals surface area contributed by atoms with E-state index in [1.165, 1.54) is 20.7 Å². The fourth-order valence-electron chi connectivity index (χ4n) is 3.81. The molecule has 1 saturated heterocycles. The van der Waals surface area contributed by atoms with E-state index in [0.29, 0.717) is 12.2 Å². The largest absolute Gasteiger partial charge is 0.308 e. The Kier molecular flexibility index (Phi) is 4.77. The number of hydrogen-bond acceptors (Lipinski definition) is 5. The summed E-state index contributed by atoms with van der Waals surface area (Å²) in [5, 5.41) is 14.9. The highest BCUT2D eigenvalue weighted by molar-refractivity contribution is 7.18. The molecule has 2 atom stereocenters. The lowest BCUT2D eigenvalue weighted by molar-refractivity contribution is -0.959. The van der Waals surface area contributed by atoms with Gasteiger partial charge in [0.1, 0.15) is 17.7 Å². The number of fused-ring (bicyclic) bond motifs is 1. The quantitative estimate of drug-likeness (QED) is 0.755. The van der Waals surface area contributed by atoms with Crippen LogP contribution in [-0.4, -0.2) is 21.3 Å². The van der Waals surface area contributed by atoms with Gasteiger partial charge in [0.05, 0.1) is 22.5 Å². The third-order valence-electron chi connectivity index (χ3n) is 5.44. The Hall–Kier alpha value is -2.56. The predicted molar refractivity (Wildman–Crippen MR) is 105 cm³/mol. The summed E-state index contributed by atoms with van der Waals surface area (Å²) in [7, 11) is 0. The standard InChI is InChI=1S/C20H21N5OS/c1-13-14(2)23-25(20(26)15(13)11-21)12-24-10-6-5-8-17(24)19-22-16-7-3-4-9-18(16)27-19/h3-4,7,9,17H,5-6,8,10,12H2,1-2H3/p+1/t17-/m0/s1. The molecule has 0 saturated carbocycles. The number of thiazole rings is 1. The van der Waals surface area contributed by atoms with Crippen molar-refractivity contribution in [2.75, 3.05) is 6.54 Å². The van der Waals surface area contributed by atoms with E-state index < -0.39 is 0 Å². The lowest BCUT2D eigenvalue weighted by Gasteiger charge is -2.31. The van der Waals surface area contributed by atoms with E-state index in [9.17, 15) is 10.1 Å². The van der Waals surface area contributed by atoms with Crippen molar-refractivity contribution < 1.29 is 4.90 Å². The molecule has 1 unspecified atom stereocenters. The van der Waals surface area contributed by atoms with Crippen LogP contribution in [0.1, 0.15) is 47.1 Å². The van der Waals surface area contributed by atoms with Crippen LogP contribution in [0.15, 0.2) is 29.1 Å². The minimum atomic E-state index is -0.290. The van der Waals surface area contributed by atoms with Gasteiger partial charge in [-0.3, -0.25) is 4.79 Å². The summed E-state index contributed by atoms with van der Waals surface area (Å²) in [6.45, 7) is 5.08. The number of nitrogens with zero attached hydrogens (tertiary/aromatic N) is 4. The third kappa shape index (κ3) is 3.27. The topological polar surface area (TPSA) is 76.0 Å². The van der Waals surface area contributed by atoms with Crippen LogP contribution in [0.2, 0.25) is 0 Å². The summed E-state index contributed by atoms with van der Waals surface area (Å²) in [6, 6.07) is 10.5. The van der Waals surface area contributed by atoms with Gasteiger partial charge in [-0.2, -0.15) is 15.0 Å². The monoisotopic (exact) mass is 380 g/mol. The molecule has 1 N–H and O–H groups in total. The summed E-state index contributed by atoms with van der Waals surface area (Å²) in [4.78, 5) is 18.8. The van der Waals surface area contributed by atoms with Crippen LogP contribution in [0, 0.1) is 25.2 Å². The first kappa shape index (κ1) is 17.8. The first-order valence-electron chi connectivity index (χ1n) is 9.27. The van der Waals surface area contributed by atoms with Crippen LogP contribution < -0.4 is 10.5 Å². The van der Waals surface area contributed by atoms with Crippen LogP contribution >= 0.6 is 11.3 Å². The maximum atomic E-state index is 12.7. The van der Waals surface area contributed by atoms with Crippen molar-refractivity contribution in [2.24, 2.45) is 0 Å². The molecule has 1 aliphatic heterocycles. The van der Waals surface area contributed by atoms with E-state index >= 15 is 0 Å². The van der Waals surface area contributed by atoms with E-state index in [1.807, 2.05) is 31.2 Å². The summed E-state index contributed by atoms with van der Waals surface area (Å²) >= 11 is 1.74. The highest BCUT2D eigenvalue weighted by Gasteiger charge is 2.31. The molecule has 0 radical (unpaired) electrons. The number of quaternary nitrogens is 1. The van der Waals surface area contributed by atoms with E-state index in [4.69, 9.17) is 4.98 Å². The number of nitriles is 1. The lowest BCUT2D eigenvalue weighted by Crippen LogP contribution is -3.12. The molecule has 3 heterocycles. The molecule has 1 aromatic carbocycles. The SMILES string of the molecule is Cc1nn(C[NH+]2CCCC[C@H]2c2nc3ccccc3s2)c(=O)c(C#N)c1C. The number of aryl methyl sites for hydroxylation is 1. The molecule has 0 spiro atoms. The zero-order valence-corrected chi connectivity index (χ0v) is 16.3. The normalized spacial score (nSPS) is 19.9. The van der Waals surface area contributed by atoms with Crippen molar-refractivity contribution >= 4 is 21.6 Å². The maximum absolute atomic E-state index is 12.7. The van der Waals surface area contributed by atoms with Crippen LogP contribution in [0.3, 0.4) is 0 Å². The van der Waals surface area contributed by atoms with Crippen LogP contribution in [0.4, 0.5) is 0 Å². The smallest absolute Gasteiger partial charge is 0.289 e. The number of para-hydroxylation sites is 1. The Morgan fingerprint density at radius 1 is 1.33 bits per heavy atom. The highest BCUT2D eigenvalue weighted by atomic mass is 32.1. The Balaban J connectivity index is 1.69. The average molecular weight is 380 g/mol. The average Bonchev–Trinajstić information content (AvgIpc) is 3.11. The number of nitrogens with one attached hydrogen (secondary N) is 1. The second-order valence-electron chi connectivity index (χ2n) is 7.14. The van der Waals surface area contributed by atoms with E-state index in [1.54, 1.807) is 18.3 Å². The Bertz CT molecular complexity index is 1060. The molecule has 6 nitrogen and oxygen atoms in total. The molecule has 1 aliphatic rings. The van der Waals surface area contributed by atoms with Gasteiger partial charge in [0, 0.05) is 6.42 Å². The zero-order valence-electron chi connectivity index (χ0n) is 15.5. The third-order valence-corrected chi connectivity index (χ3v) is 6.59. The second kappa shape index (κ2) is 7.22. The Morgan fingerprint density at radius 2 is 2.15 bits per heavy atom. The number of hydrogen-bond donors (Lipinski definition) is 1. The molecule has 138 valence electrons. The summed E-state index contributed by atoms with van der Waals surface area (Å²) in [5.41, 5.74) is 2.36. The summed E-state index contributed by atoms with van der Waals surface area (Å²) in [5.74, 6) is 0. The molecular formula is C20H22N5OS+. The van der Waals surface area contributed by atoms with Gasteiger partial charge in [-0.15, -0.1) is 11.3 Å². The van der Waals surface area contributed by atoms with Gasteiger partial charge in [0.2, 0.25) is 0 Å². The van der Waals surface area contributed by atoms with E-state index in [-0.39, 0.29) is 17.2 Å². The molecule has 0 bridgehead atoms. The number of rotatable bonds is 3. The van der Waals surface area contributed by atoms with Crippen molar-refractivity contribution in [3.05, 3.63) is 56.4 Å². The van der Waals surface area contributed by atoms with E-state index in [2.05, 4.69) is 11.2 Å². The summed E-state index contributed by atoms with van der Waals surface area (Å²) < 4.78 is 2.67. The second-order valence-corrected chi connectivity index (χ2v) is 8.20. The number of benzene rings is 1. The van der Waals surface area contributed by atoms with Gasteiger partial charge in [-0.25, -0.2) is 4.98 Å². The fourth-order valence-corrected chi connectivity index (χ4v) is 4.97. The summed E-state index contributed by atoms with van der Waals surface area (Å²) in [6.07, 6.45) is 3.35. The molecule has 0 amide bonds.